The number of benzene rings is 1. The molecule has 0 saturated carbocycles. The van der Waals surface area contributed by atoms with Gasteiger partial charge in [-0.3, -0.25) is 0 Å². The maximum atomic E-state index is 14.0. The molecule has 1 heterocycles. The molecule has 0 saturated heterocycles. The molecule has 2 rings (SSSR count). The van der Waals surface area contributed by atoms with Crippen molar-refractivity contribution >= 4 is 11.0 Å². The first-order valence-electron chi connectivity index (χ1n) is 5.71. The number of fused-ring (bicyclic) bond motifs is 1. The van der Waals surface area contributed by atoms with E-state index in [9.17, 15) is 8.78 Å². The molecule has 4 heteroatoms. The van der Waals surface area contributed by atoms with Crippen LogP contribution in [0.5, 0.6) is 0 Å². The van der Waals surface area contributed by atoms with E-state index in [1.54, 1.807) is 6.07 Å². The average molecular weight is 239 g/mol. The van der Waals surface area contributed by atoms with Gasteiger partial charge >= 0.3 is 0 Å². The zero-order chi connectivity index (χ0) is 12.4. The summed E-state index contributed by atoms with van der Waals surface area (Å²) in [6, 6.07) is 2.89. The Hall–Kier alpha value is -1.42. The summed E-state index contributed by atoms with van der Waals surface area (Å²) in [5.41, 5.74) is 0.214. The van der Waals surface area contributed by atoms with Crippen LogP contribution in [0.3, 0.4) is 0 Å². The monoisotopic (exact) mass is 239 g/mol. The van der Waals surface area contributed by atoms with Crippen LogP contribution in [-0.2, 0) is 6.42 Å². The van der Waals surface area contributed by atoms with Crippen LogP contribution in [0.1, 0.15) is 19.4 Å². The molecule has 17 heavy (non-hydrogen) atoms. The molecule has 0 aliphatic carbocycles. The summed E-state index contributed by atoms with van der Waals surface area (Å²) in [4.78, 5) is 0. The van der Waals surface area contributed by atoms with Crippen molar-refractivity contribution in [1.29, 1.82) is 0 Å². The largest absolute Gasteiger partial charge is 0.461 e. The Kier molecular flexibility index (Phi) is 3.43. The summed E-state index contributed by atoms with van der Waals surface area (Å²) < 4.78 is 32.8. The summed E-state index contributed by atoms with van der Waals surface area (Å²) in [6.07, 6.45) is 1.67. The van der Waals surface area contributed by atoms with Crippen molar-refractivity contribution in [2.45, 2.75) is 26.3 Å². The van der Waals surface area contributed by atoms with Gasteiger partial charge in [-0.15, -0.1) is 0 Å². The first kappa shape index (κ1) is 12.0. The number of furan rings is 1. The van der Waals surface area contributed by atoms with E-state index in [0.717, 1.165) is 6.54 Å². The molecule has 0 spiro atoms. The topological polar surface area (TPSA) is 25.2 Å². The van der Waals surface area contributed by atoms with E-state index in [1.807, 2.05) is 13.8 Å². The molecule has 2 nitrogen and oxygen atoms in total. The minimum Gasteiger partial charge on any atom is -0.461 e. The normalized spacial score (nSPS) is 13.2. The van der Waals surface area contributed by atoms with Crippen molar-refractivity contribution < 1.29 is 13.2 Å². The molecule has 2 aromatic rings. The van der Waals surface area contributed by atoms with Gasteiger partial charge in [-0.05, 0) is 32.0 Å². The Morgan fingerprint density at radius 3 is 2.88 bits per heavy atom. The molecule has 0 fully saturated rings. The van der Waals surface area contributed by atoms with Crippen molar-refractivity contribution in [1.82, 2.24) is 5.32 Å². The molecule has 0 unspecified atom stereocenters. The second-order valence-corrected chi connectivity index (χ2v) is 4.15. The van der Waals surface area contributed by atoms with E-state index in [-0.39, 0.29) is 17.2 Å². The lowest BCUT2D eigenvalue weighted by Gasteiger charge is -2.13. The highest BCUT2D eigenvalue weighted by atomic mass is 19.1. The molecular weight excluding hydrogens is 224 g/mol. The fraction of sp³-hybridized carbons (Fsp3) is 0.385. The molecule has 0 amide bonds. The Morgan fingerprint density at radius 1 is 1.41 bits per heavy atom. The Balaban J connectivity index is 2.38. The fourth-order valence-corrected chi connectivity index (χ4v) is 1.99. The van der Waals surface area contributed by atoms with Crippen molar-refractivity contribution in [3.63, 3.8) is 0 Å². The minimum atomic E-state index is -0.588. The smallest absolute Gasteiger partial charge is 0.172 e. The molecule has 0 aliphatic rings. The lowest BCUT2D eigenvalue weighted by atomic mass is 10.0. The van der Waals surface area contributed by atoms with E-state index >= 15 is 0 Å². The van der Waals surface area contributed by atoms with E-state index in [2.05, 4.69) is 5.32 Å². The third kappa shape index (κ3) is 2.31. The summed E-state index contributed by atoms with van der Waals surface area (Å²) in [7, 11) is 0. The second kappa shape index (κ2) is 4.84. The summed E-state index contributed by atoms with van der Waals surface area (Å²) in [6.45, 7) is 4.63. The zero-order valence-electron chi connectivity index (χ0n) is 9.89. The highest BCUT2D eigenvalue weighted by Crippen LogP contribution is 2.25. The quantitative estimate of drug-likeness (QED) is 0.886. The number of halogens is 2. The van der Waals surface area contributed by atoms with Crippen molar-refractivity contribution in [3.05, 3.63) is 35.6 Å². The molecule has 1 aromatic carbocycles. The lowest BCUT2D eigenvalue weighted by Crippen LogP contribution is -2.28. The highest BCUT2D eigenvalue weighted by molar-refractivity contribution is 5.78. The van der Waals surface area contributed by atoms with Gasteiger partial charge in [0.1, 0.15) is 5.82 Å². The van der Waals surface area contributed by atoms with Crippen LogP contribution in [0.15, 0.2) is 22.8 Å². The van der Waals surface area contributed by atoms with E-state index in [1.165, 1.54) is 12.3 Å². The summed E-state index contributed by atoms with van der Waals surface area (Å²) in [5, 5.41) is 3.58. The Labute approximate surface area is 98.6 Å². The first-order valence-corrected chi connectivity index (χ1v) is 5.71. The van der Waals surface area contributed by atoms with Gasteiger partial charge in [-0.1, -0.05) is 6.92 Å². The lowest BCUT2D eigenvalue weighted by molar-refractivity contribution is 0.499. The van der Waals surface area contributed by atoms with Crippen LogP contribution in [0.2, 0.25) is 0 Å². The van der Waals surface area contributed by atoms with Gasteiger partial charge in [0.05, 0.1) is 6.26 Å². The molecule has 92 valence electrons. The highest BCUT2D eigenvalue weighted by Gasteiger charge is 2.17. The molecule has 0 radical (unpaired) electrons. The van der Waals surface area contributed by atoms with E-state index in [4.69, 9.17) is 4.42 Å². The van der Waals surface area contributed by atoms with Gasteiger partial charge in [0.15, 0.2) is 11.4 Å². The maximum absolute atomic E-state index is 14.0. The Morgan fingerprint density at radius 2 is 2.18 bits per heavy atom. The van der Waals surface area contributed by atoms with Crippen molar-refractivity contribution in [2.24, 2.45) is 0 Å². The van der Waals surface area contributed by atoms with Crippen LogP contribution in [0, 0.1) is 11.6 Å². The number of nitrogens with one attached hydrogen (secondary N) is 1. The van der Waals surface area contributed by atoms with Crippen LogP contribution in [-0.4, -0.2) is 12.6 Å². The summed E-state index contributed by atoms with van der Waals surface area (Å²) >= 11 is 0. The van der Waals surface area contributed by atoms with Crippen LogP contribution in [0.25, 0.3) is 11.0 Å². The molecule has 0 bridgehead atoms. The SMILES string of the molecule is CCN[C@H](C)Cc1c(F)cc2ccoc2c1F. The van der Waals surface area contributed by atoms with Crippen molar-refractivity contribution in [2.75, 3.05) is 6.54 Å². The predicted molar refractivity (Wildman–Crippen MR) is 63.0 cm³/mol. The van der Waals surface area contributed by atoms with Crippen LogP contribution < -0.4 is 5.32 Å². The second-order valence-electron chi connectivity index (χ2n) is 4.15. The van der Waals surface area contributed by atoms with Gasteiger partial charge in [-0.2, -0.15) is 0 Å². The van der Waals surface area contributed by atoms with Crippen LogP contribution >= 0.6 is 0 Å². The maximum Gasteiger partial charge on any atom is 0.172 e. The number of rotatable bonds is 4. The van der Waals surface area contributed by atoms with Gasteiger partial charge in [0, 0.05) is 17.0 Å². The molecule has 0 aliphatic heterocycles. The molecule has 1 atom stereocenters. The number of likely N-dealkylation sites (N-methyl/N-ethyl adjacent to an activating group) is 1. The molecule has 1 aromatic heterocycles. The average Bonchev–Trinajstić information content (AvgIpc) is 2.72. The minimum absolute atomic E-state index is 0.0245. The zero-order valence-corrected chi connectivity index (χ0v) is 9.89. The molecule has 1 N–H and O–H groups in total. The van der Waals surface area contributed by atoms with Gasteiger partial charge in [0.2, 0.25) is 0 Å². The van der Waals surface area contributed by atoms with Gasteiger partial charge in [-0.25, -0.2) is 8.78 Å². The van der Waals surface area contributed by atoms with Crippen LogP contribution in [0.4, 0.5) is 8.78 Å². The molecular formula is C13H15F2NO. The number of hydrogen-bond acceptors (Lipinski definition) is 2. The van der Waals surface area contributed by atoms with E-state index in [0.29, 0.717) is 11.8 Å². The predicted octanol–water partition coefficient (Wildman–Crippen LogP) is 3.25. The van der Waals surface area contributed by atoms with Gasteiger partial charge < -0.3 is 9.73 Å². The number of hydrogen-bond donors (Lipinski definition) is 1. The van der Waals surface area contributed by atoms with E-state index < -0.39 is 11.6 Å². The standard InChI is InChI=1S/C13H15F2NO/c1-3-16-8(2)6-10-11(14)7-9-4-5-17-13(9)12(10)15/h4-5,7-8,16H,3,6H2,1-2H3/t8-/m1/s1. The summed E-state index contributed by atoms with van der Waals surface area (Å²) in [5.74, 6) is -1.10. The first-order chi connectivity index (χ1) is 8.13. The Bertz CT molecular complexity index is 521. The van der Waals surface area contributed by atoms with Gasteiger partial charge in [0.25, 0.3) is 0 Å². The third-order valence-corrected chi connectivity index (χ3v) is 2.79. The third-order valence-electron chi connectivity index (χ3n) is 2.79. The fourth-order valence-electron chi connectivity index (χ4n) is 1.99. The van der Waals surface area contributed by atoms with Crippen molar-refractivity contribution in [3.8, 4) is 0 Å².